The Morgan fingerprint density at radius 2 is 1.76 bits per heavy atom. The first-order valence-corrected chi connectivity index (χ1v) is 12.1. The Hall–Kier alpha value is -3.14. The number of amides is 6. The van der Waals surface area contributed by atoms with Gasteiger partial charge in [0.1, 0.15) is 12.1 Å². The molecular weight excluding hydrogens is 438 g/mol. The van der Waals surface area contributed by atoms with Crippen LogP contribution in [0.3, 0.4) is 0 Å². The van der Waals surface area contributed by atoms with Gasteiger partial charge in [0, 0.05) is 24.5 Å². The minimum Gasteiger partial charge on any atom is -0.376 e. The number of rotatable bonds is 7. The molecule has 10 nitrogen and oxygen atoms in total. The molecule has 2 saturated heterocycles. The summed E-state index contributed by atoms with van der Waals surface area (Å²) >= 11 is 0. The number of anilines is 2. The van der Waals surface area contributed by atoms with Gasteiger partial charge in [-0.1, -0.05) is 13.3 Å². The lowest BCUT2D eigenvalue weighted by Gasteiger charge is -2.34. The summed E-state index contributed by atoms with van der Waals surface area (Å²) in [5.74, 6) is -0.189. The van der Waals surface area contributed by atoms with Crippen LogP contribution in [0.25, 0.3) is 0 Å². The molecule has 4 rings (SSSR count). The van der Waals surface area contributed by atoms with Crippen LogP contribution in [0.2, 0.25) is 0 Å². The summed E-state index contributed by atoms with van der Waals surface area (Å²) < 4.78 is 5.48. The molecule has 0 bridgehead atoms. The zero-order valence-corrected chi connectivity index (χ0v) is 19.5. The van der Waals surface area contributed by atoms with Crippen LogP contribution in [-0.2, 0) is 14.3 Å². The van der Waals surface area contributed by atoms with Gasteiger partial charge in [-0.2, -0.15) is 0 Å². The van der Waals surface area contributed by atoms with Gasteiger partial charge in [0.15, 0.2) is 0 Å². The maximum absolute atomic E-state index is 13.0. The maximum atomic E-state index is 13.0. The lowest BCUT2D eigenvalue weighted by atomic mass is 9.75. The topological polar surface area (TPSA) is 129 Å². The van der Waals surface area contributed by atoms with Gasteiger partial charge in [0.05, 0.1) is 6.10 Å². The quantitative estimate of drug-likeness (QED) is 0.455. The molecule has 0 radical (unpaired) electrons. The molecule has 184 valence electrons. The zero-order chi connectivity index (χ0) is 24.1. The van der Waals surface area contributed by atoms with Crippen LogP contribution in [0.4, 0.5) is 21.0 Å². The number of urea groups is 2. The number of ether oxygens (including phenoxy) is 1. The highest BCUT2D eigenvalue weighted by atomic mass is 16.5. The molecule has 1 aromatic carbocycles. The Bertz CT molecular complexity index is 920. The number of benzene rings is 1. The first kappa shape index (κ1) is 24.0. The lowest BCUT2D eigenvalue weighted by molar-refractivity contribution is -0.135. The minimum atomic E-state index is -0.860. The smallest absolute Gasteiger partial charge is 0.325 e. The second-order valence-corrected chi connectivity index (χ2v) is 9.35. The van der Waals surface area contributed by atoms with Crippen molar-refractivity contribution in [3.63, 3.8) is 0 Å². The molecule has 1 unspecified atom stereocenters. The fraction of sp³-hybridized carbons (Fsp3) is 0.583. The molecule has 1 aliphatic carbocycles. The molecule has 1 atom stereocenters. The molecule has 1 saturated carbocycles. The highest BCUT2D eigenvalue weighted by molar-refractivity contribution is 6.10. The van der Waals surface area contributed by atoms with Gasteiger partial charge in [0.25, 0.3) is 5.91 Å². The van der Waals surface area contributed by atoms with Crippen molar-refractivity contribution in [2.24, 2.45) is 5.92 Å². The largest absolute Gasteiger partial charge is 0.376 e. The monoisotopic (exact) mass is 471 g/mol. The van der Waals surface area contributed by atoms with Crippen LogP contribution in [0.5, 0.6) is 0 Å². The molecule has 0 aromatic heterocycles. The van der Waals surface area contributed by atoms with E-state index in [2.05, 4.69) is 28.2 Å². The highest BCUT2D eigenvalue weighted by Crippen LogP contribution is 2.37. The molecule has 10 heteroatoms. The number of imide groups is 1. The van der Waals surface area contributed by atoms with Crippen molar-refractivity contribution in [3.8, 4) is 0 Å². The normalized spacial score (nSPS) is 26.4. The van der Waals surface area contributed by atoms with Crippen molar-refractivity contribution < 1.29 is 23.9 Å². The molecule has 3 aliphatic rings. The van der Waals surface area contributed by atoms with E-state index in [0.29, 0.717) is 36.7 Å². The van der Waals surface area contributed by atoms with E-state index in [-0.39, 0.29) is 24.6 Å². The average Bonchev–Trinajstić information content (AvgIpc) is 3.43. The molecule has 1 spiro atoms. The van der Waals surface area contributed by atoms with Gasteiger partial charge in [0.2, 0.25) is 5.91 Å². The summed E-state index contributed by atoms with van der Waals surface area (Å²) in [6.45, 7) is 2.99. The molecule has 34 heavy (non-hydrogen) atoms. The number of nitrogens with zero attached hydrogens (tertiary/aromatic N) is 1. The van der Waals surface area contributed by atoms with E-state index in [1.54, 1.807) is 24.3 Å². The van der Waals surface area contributed by atoms with Crippen molar-refractivity contribution in [1.29, 1.82) is 0 Å². The summed E-state index contributed by atoms with van der Waals surface area (Å²) in [7, 11) is 0. The Morgan fingerprint density at radius 1 is 1.09 bits per heavy atom. The van der Waals surface area contributed by atoms with Crippen molar-refractivity contribution in [3.05, 3.63) is 24.3 Å². The third kappa shape index (κ3) is 5.49. The van der Waals surface area contributed by atoms with Gasteiger partial charge in [-0.3, -0.25) is 14.5 Å². The van der Waals surface area contributed by atoms with Crippen LogP contribution in [0, 0.1) is 5.92 Å². The fourth-order valence-corrected chi connectivity index (χ4v) is 4.91. The van der Waals surface area contributed by atoms with E-state index >= 15 is 0 Å². The number of hydrogen-bond donors (Lipinski definition) is 4. The second-order valence-electron chi connectivity index (χ2n) is 9.35. The SMILES string of the molecule is CCC1CCC2(CC1)NC(=O)N(CC(=O)Nc1ccc(NC(=O)NCC3CCCO3)cc1)C2=O. The first-order valence-electron chi connectivity index (χ1n) is 12.1. The number of hydrogen-bond acceptors (Lipinski definition) is 5. The second kappa shape index (κ2) is 10.4. The fourth-order valence-electron chi connectivity index (χ4n) is 4.91. The third-order valence-electron chi connectivity index (χ3n) is 7.02. The van der Waals surface area contributed by atoms with Crippen LogP contribution < -0.4 is 21.3 Å². The molecule has 1 aromatic rings. The maximum Gasteiger partial charge on any atom is 0.325 e. The van der Waals surface area contributed by atoms with E-state index in [4.69, 9.17) is 4.74 Å². The predicted octanol–water partition coefficient (Wildman–Crippen LogP) is 2.82. The summed E-state index contributed by atoms with van der Waals surface area (Å²) in [5, 5.41) is 11.1. The van der Waals surface area contributed by atoms with Gasteiger partial charge < -0.3 is 26.0 Å². The van der Waals surface area contributed by atoms with E-state index in [9.17, 15) is 19.2 Å². The number of carbonyl (C=O) groups excluding carboxylic acids is 4. The van der Waals surface area contributed by atoms with Gasteiger partial charge in [-0.15, -0.1) is 0 Å². The van der Waals surface area contributed by atoms with Gasteiger partial charge in [-0.05, 0) is 68.7 Å². The first-order chi connectivity index (χ1) is 16.4. The van der Waals surface area contributed by atoms with Gasteiger partial charge in [-0.25, -0.2) is 9.59 Å². The van der Waals surface area contributed by atoms with Crippen molar-refractivity contribution >= 4 is 35.3 Å². The molecular formula is C24H33N5O5. The predicted molar refractivity (Wildman–Crippen MR) is 126 cm³/mol. The summed E-state index contributed by atoms with van der Waals surface area (Å²) in [6, 6.07) is 5.78. The molecule has 6 amide bonds. The lowest BCUT2D eigenvalue weighted by Crippen LogP contribution is -2.49. The molecule has 2 aliphatic heterocycles. The Kier molecular flexibility index (Phi) is 7.35. The Labute approximate surface area is 199 Å². The minimum absolute atomic E-state index is 0.0640. The zero-order valence-electron chi connectivity index (χ0n) is 19.5. The Balaban J connectivity index is 1.25. The molecule has 2 heterocycles. The standard InChI is InChI=1S/C24H33N5O5/c1-2-16-9-11-24(12-10-16)21(31)29(23(33)28-24)15-20(30)26-17-5-7-18(8-6-17)27-22(32)25-14-19-4-3-13-34-19/h5-8,16,19H,2-4,9-15H2,1H3,(H,26,30)(H,28,33)(H2,25,27,32). The summed E-state index contributed by atoms with van der Waals surface area (Å²) in [6.07, 6.45) is 6.11. The van der Waals surface area contributed by atoms with E-state index in [1.807, 2.05) is 0 Å². The third-order valence-corrected chi connectivity index (χ3v) is 7.02. The van der Waals surface area contributed by atoms with Crippen LogP contribution in [0.1, 0.15) is 51.9 Å². The summed E-state index contributed by atoms with van der Waals surface area (Å²) in [4.78, 5) is 51.0. The van der Waals surface area contributed by atoms with E-state index in [1.165, 1.54) is 0 Å². The van der Waals surface area contributed by atoms with E-state index in [0.717, 1.165) is 43.6 Å². The highest BCUT2D eigenvalue weighted by Gasteiger charge is 2.52. The average molecular weight is 472 g/mol. The summed E-state index contributed by atoms with van der Waals surface area (Å²) in [5.41, 5.74) is 0.211. The number of carbonyl (C=O) groups is 4. The molecule has 3 fully saturated rings. The van der Waals surface area contributed by atoms with Crippen molar-refractivity contribution in [1.82, 2.24) is 15.5 Å². The van der Waals surface area contributed by atoms with E-state index < -0.39 is 17.5 Å². The Morgan fingerprint density at radius 3 is 2.38 bits per heavy atom. The van der Waals surface area contributed by atoms with Crippen molar-refractivity contribution in [2.75, 3.05) is 30.3 Å². The van der Waals surface area contributed by atoms with Crippen molar-refractivity contribution in [2.45, 2.75) is 63.5 Å². The van der Waals surface area contributed by atoms with Gasteiger partial charge >= 0.3 is 12.1 Å². The van der Waals surface area contributed by atoms with Crippen LogP contribution >= 0.6 is 0 Å². The molecule has 4 N–H and O–H groups in total. The van der Waals surface area contributed by atoms with Crippen LogP contribution in [0.15, 0.2) is 24.3 Å². The number of nitrogens with one attached hydrogen (secondary N) is 4. The van der Waals surface area contributed by atoms with Crippen LogP contribution in [-0.4, -0.2) is 60.1 Å².